The van der Waals surface area contributed by atoms with Crippen LogP contribution >= 0.6 is 0 Å². The molecule has 0 radical (unpaired) electrons. The summed E-state index contributed by atoms with van der Waals surface area (Å²) >= 11 is 0. The molecule has 0 aromatic heterocycles. The van der Waals surface area contributed by atoms with E-state index in [9.17, 15) is 9.59 Å². The van der Waals surface area contributed by atoms with Crippen molar-refractivity contribution in [1.29, 1.82) is 0 Å². The second-order valence-corrected chi connectivity index (χ2v) is 4.27. The van der Waals surface area contributed by atoms with Crippen LogP contribution in [0.25, 0.3) is 0 Å². The van der Waals surface area contributed by atoms with Crippen molar-refractivity contribution >= 4 is 11.8 Å². The molecule has 0 fully saturated rings. The van der Waals surface area contributed by atoms with Gasteiger partial charge in [0.2, 0.25) is 0 Å². The molecule has 0 heterocycles. The van der Waals surface area contributed by atoms with Crippen LogP contribution in [-0.2, 0) is 16.0 Å². The van der Waals surface area contributed by atoms with Crippen molar-refractivity contribution in [1.82, 2.24) is 0 Å². The summed E-state index contributed by atoms with van der Waals surface area (Å²) in [6.45, 7) is 4.01. The standard InChI is InChI=1S/C14H16O3/c1-3-17-14(16)9(2)10-5-4-6-12-11(10)7-8-13(12)15/h4-6,9H,3,7-8H2,1-2H3. The zero-order valence-corrected chi connectivity index (χ0v) is 10.2. The van der Waals surface area contributed by atoms with Crippen molar-refractivity contribution in [2.45, 2.75) is 32.6 Å². The normalized spacial score (nSPS) is 15.5. The highest BCUT2D eigenvalue weighted by atomic mass is 16.5. The van der Waals surface area contributed by atoms with Crippen LogP contribution < -0.4 is 0 Å². The van der Waals surface area contributed by atoms with Crippen molar-refractivity contribution in [3.63, 3.8) is 0 Å². The van der Waals surface area contributed by atoms with Crippen LogP contribution in [0.3, 0.4) is 0 Å². The monoisotopic (exact) mass is 232 g/mol. The number of fused-ring (bicyclic) bond motifs is 1. The van der Waals surface area contributed by atoms with E-state index >= 15 is 0 Å². The van der Waals surface area contributed by atoms with Crippen molar-refractivity contribution in [3.05, 3.63) is 34.9 Å². The number of carbonyl (C=O) groups is 2. The number of carbonyl (C=O) groups excluding carboxylic acids is 2. The van der Waals surface area contributed by atoms with Gasteiger partial charge in [-0.15, -0.1) is 0 Å². The average Bonchev–Trinajstić information content (AvgIpc) is 2.71. The third-order valence-corrected chi connectivity index (χ3v) is 3.22. The first-order valence-electron chi connectivity index (χ1n) is 5.96. The predicted octanol–water partition coefficient (Wildman–Crippen LogP) is 2.48. The van der Waals surface area contributed by atoms with E-state index < -0.39 is 0 Å². The molecule has 0 aliphatic heterocycles. The van der Waals surface area contributed by atoms with Crippen LogP contribution in [0.2, 0.25) is 0 Å². The molecule has 17 heavy (non-hydrogen) atoms. The molecule has 3 nitrogen and oxygen atoms in total. The summed E-state index contributed by atoms with van der Waals surface area (Å²) in [5.74, 6) is -0.339. The molecule has 90 valence electrons. The van der Waals surface area contributed by atoms with E-state index in [4.69, 9.17) is 4.74 Å². The first-order valence-corrected chi connectivity index (χ1v) is 5.96. The molecule has 0 amide bonds. The Bertz CT molecular complexity index is 463. The van der Waals surface area contributed by atoms with Crippen molar-refractivity contribution in [3.8, 4) is 0 Å². The fraction of sp³-hybridized carbons (Fsp3) is 0.429. The van der Waals surface area contributed by atoms with Crippen LogP contribution in [0.1, 0.15) is 47.7 Å². The second-order valence-electron chi connectivity index (χ2n) is 4.27. The number of ketones is 1. The molecule has 1 unspecified atom stereocenters. The first kappa shape index (κ1) is 11.8. The van der Waals surface area contributed by atoms with E-state index in [-0.39, 0.29) is 17.7 Å². The van der Waals surface area contributed by atoms with Gasteiger partial charge in [-0.3, -0.25) is 9.59 Å². The maximum Gasteiger partial charge on any atom is 0.313 e. The van der Waals surface area contributed by atoms with Gasteiger partial charge in [0.05, 0.1) is 12.5 Å². The highest BCUT2D eigenvalue weighted by molar-refractivity contribution is 6.01. The molecule has 1 aliphatic carbocycles. The SMILES string of the molecule is CCOC(=O)C(C)c1cccc2c1CCC2=O. The van der Waals surface area contributed by atoms with Crippen LogP contribution in [-0.4, -0.2) is 18.4 Å². The van der Waals surface area contributed by atoms with E-state index in [2.05, 4.69) is 0 Å². The van der Waals surface area contributed by atoms with Gasteiger partial charge in [0.25, 0.3) is 0 Å². The third-order valence-electron chi connectivity index (χ3n) is 3.22. The van der Waals surface area contributed by atoms with E-state index in [1.165, 1.54) is 0 Å². The lowest BCUT2D eigenvalue weighted by Crippen LogP contribution is -2.14. The minimum atomic E-state index is -0.296. The van der Waals surface area contributed by atoms with Gasteiger partial charge in [0, 0.05) is 12.0 Å². The quantitative estimate of drug-likeness (QED) is 0.752. The van der Waals surface area contributed by atoms with Gasteiger partial charge in [0.1, 0.15) is 0 Å². The molecular formula is C14H16O3. The van der Waals surface area contributed by atoms with E-state index in [1.807, 2.05) is 25.1 Å². The Morgan fingerprint density at radius 3 is 2.88 bits per heavy atom. The molecule has 0 bridgehead atoms. The number of esters is 1. The highest BCUT2D eigenvalue weighted by Crippen LogP contribution is 2.30. The molecule has 0 saturated heterocycles. The Morgan fingerprint density at radius 1 is 1.41 bits per heavy atom. The molecule has 1 atom stereocenters. The fourth-order valence-electron chi connectivity index (χ4n) is 2.32. The predicted molar refractivity (Wildman–Crippen MR) is 64.1 cm³/mol. The van der Waals surface area contributed by atoms with Crippen LogP contribution in [0, 0.1) is 0 Å². The van der Waals surface area contributed by atoms with Gasteiger partial charge in [0.15, 0.2) is 5.78 Å². The van der Waals surface area contributed by atoms with E-state index in [0.29, 0.717) is 13.0 Å². The first-order chi connectivity index (χ1) is 8.15. The van der Waals surface area contributed by atoms with E-state index in [0.717, 1.165) is 23.1 Å². The number of rotatable bonds is 3. The smallest absolute Gasteiger partial charge is 0.313 e. The molecule has 1 aliphatic rings. The molecule has 1 aromatic carbocycles. The fourth-order valence-corrected chi connectivity index (χ4v) is 2.32. The lowest BCUT2D eigenvalue weighted by Gasteiger charge is -2.14. The Hall–Kier alpha value is -1.64. The Morgan fingerprint density at radius 2 is 2.18 bits per heavy atom. The van der Waals surface area contributed by atoms with Crippen LogP contribution in [0.5, 0.6) is 0 Å². The molecule has 0 N–H and O–H groups in total. The van der Waals surface area contributed by atoms with Gasteiger partial charge in [-0.1, -0.05) is 18.2 Å². The largest absolute Gasteiger partial charge is 0.466 e. The summed E-state index contributed by atoms with van der Waals surface area (Å²) < 4.78 is 5.02. The molecule has 0 saturated carbocycles. The van der Waals surface area contributed by atoms with E-state index in [1.54, 1.807) is 6.92 Å². The maximum absolute atomic E-state index is 11.7. The second kappa shape index (κ2) is 4.70. The van der Waals surface area contributed by atoms with Crippen molar-refractivity contribution < 1.29 is 14.3 Å². The lowest BCUT2D eigenvalue weighted by atomic mass is 9.93. The van der Waals surface area contributed by atoms with Gasteiger partial charge in [-0.2, -0.15) is 0 Å². The number of hydrogen-bond donors (Lipinski definition) is 0. The Labute approximate surface area is 101 Å². The Balaban J connectivity index is 2.34. The zero-order chi connectivity index (χ0) is 12.4. The van der Waals surface area contributed by atoms with Gasteiger partial charge in [-0.05, 0) is 31.4 Å². The van der Waals surface area contributed by atoms with Crippen LogP contribution in [0.15, 0.2) is 18.2 Å². The molecular weight excluding hydrogens is 216 g/mol. The molecule has 0 spiro atoms. The number of ether oxygens (including phenoxy) is 1. The minimum Gasteiger partial charge on any atom is -0.466 e. The van der Waals surface area contributed by atoms with Gasteiger partial charge >= 0.3 is 5.97 Å². The average molecular weight is 232 g/mol. The molecule has 1 aromatic rings. The molecule has 2 rings (SSSR count). The number of hydrogen-bond acceptors (Lipinski definition) is 3. The minimum absolute atomic E-state index is 0.179. The number of benzene rings is 1. The summed E-state index contributed by atoms with van der Waals surface area (Å²) in [6.07, 6.45) is 1.30. The summed E-state index contributed by atoms with van der Waals surface area (Å²) in [4.78, 5) is 23.3. The van der Waals surface area contributed by atoms with Crippen LogP contribution in [0.4, 0.5) is 0 Å². The number of Topliss-reactive ketones (excluding diaryl/α,β-unsaturated/α-hetero) is 1. The molecule has 3 heteroatoms. The Kier molecular flexibility index (Phi) is 3.27. The summed E-state index contributed by atoms with van der Waals surface area (Å²) in [5.41, 5.74) is 2.74. The summed E-state index contributed by atoms with van der Waals surface area (Å²) in [5, 5.41) is 0. The third kappa shape index (κ3) is 2.09. The van der Waals surface area contributed by atoms with Gasteiger partial charge in [-0.25, -0.2) is 0 Å². The van der Waals surface area contributed by atoms with Crippen molar-refractivity contribution in [2.75, 3.05) is 6.61 Å². The topological polar surface area (TPSA) is 43.4 Å². The summed E-state index contributed by atoms with van der Waals surface area (Å²) in [7, 11) is 0. The zero-order valence-electron chi connectivity index (χ0n) is 10.2. The maximum atomic E-state index is 11.7. The van der Waals surface area contributed by atoms with Gasteiger partial charge < -0.3 is 4.74 Å². The summed E-state index contributed by atoms with van der Waals surface area (Å²) in [6, 6.07) is 5.60. The highest BCUT2D eigenvalue weighted by Gasteiger charge is 2.26. The lowest BCUT2D eigenvalue weighted by molar-refractivity contribution is -0.144. The van der Waals surface area contributed by atoms with Crippen molar-refractivity contribution in [2.24, 2.45) is 0 Å².